The van der Waals surface area contributed by atoms with Crippen LogP contribution in [0.4, 0.5) is 5.69 Å². The lowest BCUT2D eigenvalue weighted by Gasteiger charge is -2.44. The average molecular weight is 474 g/mol. The third kappa shape index (κ3) is 5.23. The molecule has 2 aliphatic rings. The number of allylic oxidation sites excluding steroid dienone is 1. The van der Waals surface area contributed by atoms with E-state index in [0.717, 1.165) is 30.9 Å². The quantitative estimate of drug-likeness (QED) is 0.253. The summed E-state index contributed by atoms with van der Waals surface area (Å²) in [5.41, 5.74) is 1.59. The summed E-state index contributed by atoms with van der Waals surface area (Å²) in [6.45, 7) is 17.9. The first-order chi connectivity index (χ1) is 14.8. The highest BCUT2D eigenvalue weighted by molar-refractivity contribution is 8.14. The predicted molar refractivity (Wildman–Crippen MR) is 139 cm³/mol. The fourth-order valence-electron chi connectivity index (χ4n) is 4.16. The average Bonchev–Trinajstić information content (AvgIpc) is 2.99. The number of para-hydroxylation sites is 1. The van der Waals surface area contributed by atoms with Crippen LogP contribution >= 0.6 is 11.8 Å². The molecule has 0 unspecified atom stereocenters. The fraction of sp³-hybridized carbons (Fsp3) is 0.615. The number of thioether (sulfide) groups is 1. The minimum atomic E-state index is -1.87. The van der Waals surface area contributed by atoms with Gasteiger partial charge in [0.2, 0.25) is 0 Å². The largest absolute Gasteiger partial charge is 0.457 e. The molecule has 0 aromatic heterocycles. The van der Waals surface area contributed by atoms with Crippen LogP contribution in [0, 0.1) is 5.92 Å². The summed E-state index contributed by atoms with van der Waals surface area (Å²) in [5.74, 6) is 1.08. The van der Waals surface area contributed by atoms with E-state index in [4.69, 9.17) is 14.2 Å². The molecule has 1 aromatic rings. The second-order valence-corrected chi connectivity index (χ2v) is 17.3. The first-order valence-corrected chi connectivity index (χ1v) is 15.5. The lowest BCUT2D eigenvalue weighted by Crippen LogP contribution is -2.48. The van der Waals surface area contributed by atoms with Gasteiger partial charge in [-0.15, -0.1) is 11.8 Å². The molecule has 2 aliphatic heterocycles. The Hall–Kier alpha value is -1.37. The van der Waals surface area contributed by atoms with E-state index < -0.39 is 13.9 Å². The van der Waals surface area contributed by atoms with Gasteiger partial charge in [-0.05, 0) is 75.0 Å². The maximum atomic E-state index is 12.3. The smallest absolute Gasteiger partial charge is 0.330 e. The topological polar surface area (TPSA) is 47.9 Å². The Balaban J connectivity index is 1.91. The summed E-state index contributed by atoms with van der Waals surface area (Å²) >= 11 is 1.86. The van der Waals surface area contributed by atoms with E-state index in [1.165, 1.54) is 10.6 Å². The monoisotopic (exact) mass is 473 g/mol. The zero-order valence-electron chi connectivity index (χ0n) is 21.0. The maximum Gasteiger partial charge on any atom is 0.330 e. The molecule has 0 N–H and O–H groups in total. The number of esters is 1. The van der Waals surface area contributed by atoms with Crippen molar-refractivity contribution in [3.05, 3.63) is 42.0 Å². The Labute approximate surface area is 199 Å². The molecule has 3 rings (SSSR count). The van der Waals surface area contributed by atoms with E-state index in [1.54, 1.807) is 6.08 Å². The van der Waals surface area contributed by atoms with Crippen molar-refractivity contribution < 1.29 is 14.0 Å². The van der Waals surface area contributed by atoms with Crippen LogP contribution in [0.2, 0.25) is 18.1 Å². The van der Waals surface area contributed by atoms with Crippen LogP contribution in [0.25, 0.3) is 0 Å². The number of carbonyl (C=O) groups is 1. The SMILES string of the molecule is CC(C)(C)OC(=O)/C=C/C[C@@]12C(=Nc3ccccc31)SCC[C@H]2CO[Si](C)(C)C(C)(C)C. The number of fused-ring (bicyclic) bond motifs is 3. The Morgan fingerprint density at radius 2 is 1.91 bits per heavy atom. The molecule has 0 radical (unpaired) electrons. The summed E-state index contributed by atoms with van der Waals surface area (Å²) < 4.78 is 12.2. The number of benzene rings is 1. The van der Waals surface area contributed by atoms with E-state index in [2.05, 4.69) is 58.1 Å². The van der Waals surface area contributed by atoms with Gasteiger partial charge in [0.25, 0.3) is 0 Å². The van der Waals surface area contributed by atoms with Gasteiger partial charge in [0.15, 0.2) is 8.32 Å². The lowest BCUT2D eigenvalue weighted by molar-refractivity contribution is -0.148. The molecular formula is C26H39NO3SSi. The van der Waals surface area contributed by atoms with Crippen molar-refractivity contribution in [3.8, 4) is 0 Å². The van der Waals surface area contributed by atoms with Gasteiger partial charge in [0.1, 0.15) is 5.60 Å². The van der Waals surface area contributed by atoms with Gasteiger partial charge in [-0.25, -0.2) is 9.79 Å². The maximum absolute atomic E-state index is 12.3. The molecule has 0 amide bonds. The molecule has 1 aromatic carbocycles. The summed E-state index contributed by atoms with van der Waals surface area (Å²) in [5, 5.41) is 1.34. The van der Waals surface area contributed by atoms with Gasteiger partial charge < -0.3 is 9.16 Å². The molecule has 1 fully saturated rings. The van der Waals surface area contributed by atoms with Crippen LogP contribution in [-0.2, 0) is 19.4 Å². The molecule has 176 valence electrons. The molecule has 4 nitrogen and oxygen atoms in total. The highest BCUT2D eigenvalue weighted by Gasteiger charge is 2.51. The second kappa shape index (κ2) is 9.11. The van der Waals surface area contributed by atoms with Crippen molar-refractivity contribution in [2.24, 2.45) is 10.9 Å². The van der Waals surface area contributed by atoms with Crippen molar-refractivity contribution in [2.45, 2.75) is 83.5 Å². The van der Waals surface area contributed by atoms with Crippen LogP contribution in [-0.4, -0.2) is 37.3 Å². The standard InChI is InChI=1S/C26H39NO3SSi/c1-24(2,3)30-22(28)14-11-16-26-19(18-29-32(7,8)25(4,5)6)15-17-31-23(26)27-21-13-10-9-12-20(21)26/h9-14,19H,15-18H2,1-8H3/b14-11+/t19-,26-/m0/s1. The normalized spacial score (nSPS) is 23.6. The number of ether oxygens (including phenoxy) is 1. The third-order valence-electron chi connectivity index (χ3n) is 6.94. The molecular weight excluding hydrogens is 434 g/mol. The Morgan fingerprint density at radius 1 is 1.22 bits per heavy atom. The molecule has 32 heavy (non-hydrogen) atoms. The summed E-state index contributed by atoms with van der Waals surface area (Å²) in [6, 6.07) is 8.46. The minimum absolute atomic E-state index is 0.171. The number of aliphatic imine (C=N–C) groups is 1. The van der Waals surface area contributed by atoms with Crippen LogP contribution in [0.3, 0.4) is 0 Å². The van der Waals surface area contributed by atoms with Gasteiger partial charge in [0, 0.05) is 12.7 Å². The van der Waals surface area contributed by atoms with Gasteiger partial charge in [-0.1, -0.05) is 45.0 Å². The number of carbonyl (C=O) groups excluding carboxylic acids is 1. The summed E-state index contributed by atoms with van der Waals surface area (Å²) in [6.07, 6.45) is 5.37. The van der Waals surface area contributed by atoms with Crippen LogP contribution in [0.15, 0.2) is 41.4 Å². The zero-order chi connectivity index (χ0) is 23.8. The molecule has 2 atom stereocenters. The van der Waals surface area contributed by atoms with E-state index in [-0.39, 0.29) is 16.4 Å². The van der Waals surface area contributed by atoms with E-state index in [1.807, 2.05) is 38.6 Å². The minimum Gasteiger partial charge on any atom is -0.457 e. The van der Waals surface area contributed by atoms with Crippen molar-refractivity contribution in [1.29, 1.82) is 0 Å². The molecule has 0 spiro atoms. The van der Waals surface area contributed by atoms with Gasteiger partial charge in [0.05, 0.1) is 16.1 Å². The Bertz CT molecular complexity index is 910. The van der Waals surface area contributed by atoms with Gasteiger partial charge in [-0.2, -0.15) is 0 Å². The first kappa shape index (κ1) is 25.3. The Morgan fingerprint density at radius 3 is 2.56 bits per heavy atom. The fourth-order valence-corrected chi connectivity index (χ4v) is 6.59. The number of hydrogen-bond donors (Lipinski definition) is 0. The summed E-state index contributed by atoms with van der Waals surface area (Å²) in [4.78, 5) is 17.4. The van der Waals surface area contributed by atoms with E-state index in [0.29, 0.717) is 5.92 Å². The second-order valence-electron chi connectivity index (χ2n) is 11.5. The van der Waals surface area contributed by atoms with Crippen molar-refractivity contribution in [2.75, 3.05) is 12.4 Å². The molecule has 1 saturated heterocycles. The van der Waals surface area contributed by atoms with Crippen LogP contribution < -0.4 is 0 Å². The van der Waals surface area contributed by atoms with Gasteiger partial charge in [-0.3, -0.25) is 0 Å². The number of rotatable bonds is 6. The van der Waals surface area contributed by atoms with Crippen LogP contribution in [0.5, 0.6) is 0 Å². The molecule has 0 bridgehead atoms. The van der Waals surface area contributed by atoms with Crippen molar-refractivity contribution in [1.82, 2.24) is 0 Å². The lowest BCUT2D eigenvalue weighted by atomic mass is 9.68. The van der Waals surface area contributed by atoms with Crippen molar-refractivity contribution in [3.63, 3.8) is 0 Å². The Kier molecular flexibility index (Phi) is 7.19. The van der Waals surface area contributed by atoms with Crippen LogP contribution in [0.1, 0.15) is 59.9 Å². The number of nitrogens with zero attached hydrogens (tertiary/aromatic N) is 1. The van der Waals surface area contributed by atoms with Crippen molar-refractivity contribution >= 4 is 36.8 Å². The predicted octanol–water partition coefficient (Wildman–Crippen LogP) is 7.03. The van der Waals surface area contributed by atoms with E-state index >= 15 is 0 Å². The highest BCUT2D eigenvalue weighted by Crippen LogP contribution is 2.54. The molecule has 0 saturated carbocycles. The van der Waals surface area contributed by atoms with E-state index in [9.17, 15) is 4.79 Å². The summed E-state index contributed by atoms with van der Waals surface area (Å²) in [7, 11) is -1.87. The molecule has 6 heteroatoms. The number of hydrogen-bond acceptors (Lipinski definition) is 5. The van der Waals surface area contributed by atoms with Gasteiger partial charge >= 0.3 is 5.97 Å². The highest BCUT2D eigenvalue weighted by atomic mass is 32.2. The third-order valence-corrected chi connectivity index (χ3v) is 12.6. The first-order valence-electron chi connectivity index (χ1n) is 11.6. The molecule has 0 aliphatic carbocycles. The molecule has 2 heterocycles. The zero-order valence-corrected chi connectivity index (χ0v) is 22.8.